The van der Waals surface area contributed by atoms with E-state index in [4.69, 9.17) is 4.99 Å². The monoisotopic (exact) mass is 574 g/mol. The Bertz CT molecular complexity index is 2260. The van der Waals surface area contributed by atoms with Crippen molar-refractivity contribution in [3.8, 4) is 22.3 Å². The van der Waals surface area contributed by atoms with Crippen molar-refractivity contribution in [3.63, 3.8) is 0 Å². The van der Waals surface area contributed by atoms with Gasteiger partial charge in [0.25, 0.3) is 0 Å². The van der Waals surface area contributed by atoms with Crippen LogP contribution in [0.3, 0.4) is 0 Å². The van der Waals surface area contributed by atoms with Crippen LogP contribution in [-0.2, 0) is 12.8 Å². The highest BCUT2D eigenvalue weighted by atomic mass is 15.1. The molecule has 0 atom stereocenters. The highest BCUT2D eigenvalue weighted by Crippen LogP contribution is 2.43. The van der Waals surface area contributed by atoms with Gasteiger partial charge in [-0.25, -0.2) is 0 Å². The zero-order chi connectivity index (χ0) is 29.7. The van der Waals surface area contributed by atoms with Crippen molar-refractivity contribution in [2.75, 3.05) is 4.90 Å². The number of aliphatic imine (C=N–C) groups is 1. The third kappa shape index (κ3) is 4.54. The topological polar surface area (TPSA) is 15.6 Å². The van der Waals surface area contributed by atoms with E-state index in [0.717, 1.165) is 41.3 Å². The van der Waals surface area contributed by atoms with Gasteiger partial charge < -0.3 is 4.90 Å². The zero-order valence-electron chi connectivity index (χ0n) is 24.8. The normalized spacial score (nSPS) is 12.8. The van der Waals surface area contributed by atoms with Gasteiger partial charge in [-0.2, -0.15) is 0 Å². The lowest BCUT2D eigenvalue weighted by Gasteiger charge is -2.27. The number of para-hydroxylation sites is 1. The quantitative estimate of drug-likeness (QED) is 0.200. The molecule has 0 saturated heterocycles. The molecule has 1 heterocycles. The summed E-state index contributed by atoms with van der Waals surface area (Å²) < 4.78 is 0. The van der Waals surface area contributed by atoms with Crippen molar-refractivity contribution < 1.29 is 0 Å². The van der Waals surface area contributed by atoms with Crippen LogP contribution in [0.4, 0.5) is 22.7 Å². The van der Waals surface area contributed by atoms with E-state index in [0.29, 0.717) is 0 Å². The number of benzene rings is 7. The molecule has 7 aromatic rings. The van der Waals surface area contributed by atoms with Gasteiger partial charge in [0.15, 0.2) is 0 Å². The maximum Gasteiger partial charge on any atom is 0.0669 e. The Morgan fingerprint density at radius 3 is 1.96 bits per heavy atom. The summed E-state index contributed by atoms with van der Waals surface area (Å²) >= 11 is 0. The van der Waals surface area contributed by atoms with Crippen LogP contribution in [0, 0.1) is 0 Å². The second-order valence-corrected chi connectivity index (χ2v) is 12.0. The number of fused-ring (bicyclic) bond motifs is 5. The van der Waals surface area contributed by atoms with E-state index in [-0.39, 0.29) is 0 Å². The van der Waals surface area contributed by atoms with Crippen LogP contribution < -0.4 is 4.90 Å². The summed E-state index contributed by atoms with van der Waals surface area (Å²) in [4.78, 5) is 7.35. The number of hydrogen-bond donors (Lipinski definition) is 0. The second-order valence-electron chi connectivity index (χ2n) is 12.0. The Balaban J connectivity index is 1.11. The third-order valence-corrected chi connectivity index (χ3v) is 9.29. The Kier molecular flexibility index (Phi) is 5.99. The van der Waals surface area contributed by atoms with Gasteiger partial charge in [0.2, 0.25) is 0 Å². The van der Waals surface area contributed by atoms with E-state index in [9.17, 15) is 0 Å². The van der Waals surface area contributed by atoms with E-state index >= 15 is 0 Å². The lowest BCUT2D eigenvalue weighted by atomic mass is 9.98. The molecule has 0 unspecified atom stereocenters. The van der Waals surface area contributed by atoms with Crippen molar-refractivity contribution in [1.82, 2.24) is 0 Å². The first-order chi connectivity index (χ1) is 22.3. The molecular weight excluding hydrogens is 544 g/mol. The Morgan fingerprint density at radius 2 is 1.09 bits per heavy atom. The number of rotatable bonds is 5. The Hall–Kier alpha value is -5.73. The molecule has 0 aromatic heterocycles. The molecule has 2 aliphatic rings. The Morgan fingerprint density at radius 1 is 0.400 bits per heavy atom. The van der Waals surface area contributed by atoms with E-state index in [1.807, 2.05) is 0 Å². The molecule has 7 aromatic carbocycles. The van der Waals surface area contributed by atoms with Gasteiger partial charge in [0.1, 0.15) is 0 Å². The van der Waals surface area contributed by atoms with Crippen LogP contribution >= 0.6 is 0 Å². The molecule has 0 fully saturated rings. The van der Waals surface area contributed by atoms with Gasteiger partial charge in [-0.1, -0.05) is 109 Å². The van der Waals surface area contributed by atoms with Crippen molar-refractivity contribution >= 4 is 39.2 Å². The van der Waals surface area contributed by atoms with E-state index in [1.54, 1.807) is 0 Å². The fourth-order valence-electron chi connectivity index (χ4n) is 6.99. The van der Waals surface area contributed by atoms with Crippen molar-refractivity contribution in [2.45, 2.75) is 12.8 Å². The fourth-order valence-corrected chi connectivity index (χ4v) is 6.99. The van der Waals surface area contributed by atoms with Crippen LogP contribution in [0.1, 0.15) is 22.3 Å². The maximum absolute atomic E-state index is 4.96. The Labute approximate surface area is 263 Å². The minimum atomic E-state index is 0.899. The molecule has 0 radical (unpaired) electrons. The molecule has 0 spiro atoms. The third-order valence-electron chi connectivity index (χ3n) is 9.29. The molecule has 2 nitrogen and oxygen atoms in total. The first kappa shape index (κ1) is 25.7. The van der Waals surface area contributed by atoms with E-state index in [2.05, 4.69) is 163 Å². The second kappa shape index (κ2) is 10.5. The fraction of sp³-hybridized carbons (Fsp3) is 0.0465. The molecular formula is C43H30N2. The lowest BCUT2D eigenvalue weighted by Crippen LogP contribution is -2.10. The number of anilines is 3. The van der Waals surface area contributed by atoms with E-state index < -0.39 is 0 Å². The molecule has 0 N–H and O–H groups in total. The first-order valence-corrected chi connectivity index (χ1v) is 15.6. The van der Waals surface area contributed by atoms with E-state index in [1.165, 1.54) is 55.3 Å². The smallest absolute Gasteiger partial charge is 0.0669 e. The highest BCUT2D eigenvalue weighted by molar-refractivity contribution is 6.07. The number of hydrogen-bond acceptors (Lipinski definition) is 2. The SMILES string of the molecule is c1ccc(-c2ccc(N(c3ccc4c(c3)-c3ccc(C5=Nc6ccccc6C5)cc3C4)c3ccc4ccccc4c3)cc2)cc1. The first-order valence-electron chi connectivity index (χ1n) is 15.6. The van der Waals surface area contributed by atoms with Gasteiger partial charge in [-0.3, -0.25) is 4.99 Å². The summed E-state index contributed by atoms with van der Waals surface area (Å²) in [6.45, 7) is 0. The average molecular weight is 575 g/mol. The molecule has 2 heteroatoms. The van der Waals surface area contributed by atoms with Crippen LogP contribution in [0.25, 0.3) is 33.0 Å². The van der Waals surface area contributed by atoms with Crippen LogP contribution in [0.2, 0.25) is 0 Å². The van der Waals surface area contributed by atoms with Crippen molar-refractivity contribution in [1.29, 1.82) is 0 Å². The average Bonchev–Trinajstić information content (AvgIpc) is 3.70. The summed E-state index contributed by atoms with van der Waals surface area (Å²) in [7, 11) is 0. The summed E-state index contributed by atoms with van der Waals surface area (Å²) in [5.74, 6) is 0. The minimum Gasteiger partial charge on any atom is -0.310 e. The largest absolute Gasteiger partial charge is 0.310 e. The van der Waals surface area contributed by atoms with Crippen LogP contribution in [-0.4, -0.2) is 5.71 Å². The molecule has 9 rings (SSSR count). The molecule has 0 amide bonds. The predicted molar refractivity (Wildman–Crippen MR) is 189 cm³/mol. The molecule has 45 heavy (non-hydrogen) atoms. The summed E-state index contributed by atoms with van der Waals surface area (Å²) in [5.41, 5.74) is 16.1. The molecule has 0 bridgehead atoms. The van der Waals surface area contributed by atoms with Crippen LogP contribution in [0.5, 0.6) is 0 Å². The summed E-state index contributed by atoms with van der Waals surface area (Å²) in [6.07, 6.45) is 1.84. The summed E-state index contributed by atoms with van der Waals surface area (Å²) in [5, 5.41) is 2.48. The van der Waals surface area contributed by atoms with Crippen LogP contribution in [0.15, 0.2) is 163 Å². The number of nitrogens with zero attached hydrogens (tertiary/aromatic N) is 2. The van der Waals surface area contributed by atoms with Gasteiger partial charge in [0, 0.05) is 23.5 Å². The van der Waals surface area contributed by atoms with Gasteiger partial charge in [-0.05, 0) is 110 Å². The highest BCUT2D eigenvalue weighted by Gasteiger charge is 2.23. The zero-order valence-corrected chi connectivity index (χ0v) is 24.8. The molecule has 0 saturated carbocycles. The lowest BCUT2D eigenvalue weighted by molar-refractivity contribution is 1.24. The van der Waals surface area contributed by atoms with Crippen molar-refractivity contribution in [2.24, 2.45) is 4.99 Å². The minimum absolute atomic E-state index is 0.899. The van der Waals surface area contributed by atoms with Gasteiger partial charge in [-0.15, -0.1) is 0 Å². The van der Waals surface area contributed by atoms with Gasteiger partial charge in [0.05, 0.1) is 11.4 Å². The summed E-state index contributed by atoms with van der Waals surface area (Å²) in [6, 6.07) is 57.3. The van der Waals surface area contributed by atoms with Gasteiger partial charge >= 0.3 is 0 Å². The predicted octanol–water partition coefficient (Wildman–Crippen LogP) is 11.2. The maximum atomic E-state index is 4.96. The van der Waals surface area contributed by atoms with Crippen molar-refractivity contribution in [3.05, 3.63) is 180 Å². The standard InChI is InChI=1S/C43H30N2/c1-2-8-29(9-3-1)31-14-19-37(20-15-31)45(38-21-16-30-10-4-5-11-32(30)26-38)39-22-17-33-24-36-25-35(18-23-40(36)41(33)28-39)43-27-34-12-6-7-13-42(34)44-43/h1-23,25-26,28H,24,27H2. The molecule has 1 aliphatic heterocycles. The molecule has 1 aliphatic carbocycles. The molecule has 212 valence electrons.